The van der Waals surface area contributed by atoms with Crippen molar-refractivity contribution < 1.29 is 16.8 Å². The van der Waals surface area contributed by atoms with E-state index in [9.17, 15) is 16.8 Å². The highest BCUT2D eigenvalue weighted by molar-refractivity contribution is 7.95. The molecule has 5 nitrogen and oxygen atoms in total. The largest absolute Gasteiger partial charge is 0.229 e. The molecule has 2 aliphatic heterocycles. The van der Waals surface area contributed by atoms with Crippen molar-refractivity contribution >= 4 is 19.9 Å². The zero-order chi connectivity index (χ0) is 12.7. The van der Waals surface area contributed by atoms with Crippen LogP contribution in [0.5, 0.6) is 0 Å². The van der Waals surface area contributed by atoms with E-state index in [1.807, 2.05) is 6.92 Å². The summed E-state index contributed by atoms with van der Waals surface area (Å²) in [5.41, 5.74) is 0. The van der Waals surface area contributed by atoms with Crippen LogP contribution in [-0.4, -0.2) is 50.5 Å². The maximum atomic E-state index is 12.3. The van der Waals surface area contributed by atoms with Gasteiger partial charge in [-0.2, -0.15) is 4.31 Å². The molecular weight excluding hydrogens is 262 g/mol. The van der Waals surface area contributed by atoms with Crippen LogP contribution in [0.15, 0.2) is 0 Å². The predicted molar refractivity (Wildman–Crippen MR) is 66.0 cm³/mol. The molecule has 0 saturated carbocycles. The second kappa shape index (κ2) is 4.51. The Balaban J connectivity index is 2.19. The van der Waals surface area contributed by atoms with Crippen molar-refractivity contribution in [3.63, 3.8) is 0 Å². The van der Waals surface area contributed by atoms with E-state index in [0.717, 1.165) is 19.3 Å². The Morgan fingerprint density at radius 1 is 1.18 bits per heavy atom. The molecule has 17 heavy (non-hydrogen) atoms. The van der Waals surface area contributed by atoms with Crippen LogP contribution in [0.3, 0.4) is 0 Å². The Morgan fingerprint density at radius 3 is 2.41 bits per heavy atom. The van der Waals surface area contributed by atoms with Crippen molar-refractivity contribution in [2.45, 2.75) is 43.9 Å². The molecule has 2 aliphatic rings. The monoisotopic (exact) mass is 281 g/mol. The van der Waals surface area contributed by atoms with Crippen molar-refractivity contribution in [1.29, 1.82) is 0 Å². The molecule has 0 amide bonds. The summed E-state index contributed by atoms with van der Waals surface area (Å²) in [5.74, 6) is -0.183. The smallest absolute Gasteiger partial charge is 0.218 e. The van der Waals surface area contributed by atoms with Gasteiger partial charge < -0.3 is 0 Å². The minimum Gasteiger partial charge on any atom is -0.229 e. The molecule has 0 aromatic carbocycles. The third-order valence-electron chi connectivity index (χ3n) is 3.68. The number of sulfonamides is 1. The van der Waals surface area contributed by atoms with Gasteiger partial charge in [0.2, 0.25) is 10.0 Å². The van der Waals surface area contributed by atoms with Crippen LogP contribution in [-0.2, 0) is 19.9 Å². The lowest BCUT2D eigenvalue weighted by molar-refractivity contribution is 0.266. The minimum absolute atomic E-state index is 0.0112. The Kier molecular flexibility index (Phi) is 3.53. The Labute approximate surface area is 103 Å². The first kappa shape index (κ1) is 13.3. The molecule has 100 valence electrons. The zero-order valence-electron chi connectivity index (χ0n) is 10.0. The van der Waals surface area contributed by atoms with E-state index < -0.39 is 25.1 Å². The first-order valence-corrected chi connectivity index (χ1v) is 9.36. The maximum absolute atomic E-state index is 12.3. The number of rotatable bonds is 2. The van der Waals surface area contributed by atoms with Gasteiger partial charge in [0, 0.05) is 12.6 Å². The lowest BCUT2D eigenvalue weighted by Crippen LogP contribution is -2.46. The number of hydrogen-bond donors (Lipinski definition) is 0. The highest BCUT2D eigenvalue weighted by atomic mass is 32.2. The van der Waals surface area contributed by atoms with Crippen LogP contribution >= 0.6 is 0 Å². The highest BCUT2D eigenvalue weighted by Gasteiger charge is 2.42. The van der Waals surface area contributed by atoms with E-state index in [4.69, 9.17) is 0 Å². The summed E-state index contributed by atoms with van der Waals surface area (Å²) in [6, 6.07) is 0.0112. The third-order valence-corrected chi connectivity index (χ3v) is 8.10. The first-order chi connectivity index (χ1) is 7.83. The molecule has 7 heteroatoms. The van der Waals surface area contributed by atoms with Crippen LogP contribution in [0.2, 0.25) is 0 Å². The summed E-state index contributed by atoms with van der Waals surface area (Å²) in [6.07, 6.45) is 3.06. The molecular formula is C10H19NO4S2. The number of nitrogens with zero attached hydrogens (tertiary/aromatic N) is 1. The van der Waals surface area contributed by atoms with Crippen LogP contribution in [0.25, 0.3) is 0 Å². The maximum Gasteiger partial charge on any atom is 0.218 e. The SMILES string of the molecule is C[C@@H]1CCCCN1S(=O)(=O)[C@@H]1CCS(=O)(=O)C1. The number of hydrogen-bond acceptors (Lipinski definition) is 4. The molecule has 0 N–H and O–H groups in total. The molecule has 0 radical (unpaired) electrons. The average molecular weight is 281 g/mol. The Hall–Kier alpha value is -0.140. The van der Waals surface area contributed by atoms with Gasteiger partial charge >= 0.3 is 0 Å². The zero-order valence-corrected chi connectivity index (χ0v) is 11.6. The van der Waals surface area contributed by atoms with Gasteiger partial charge in [-0.05, 0) is 26.2 Å². The number of sulfone groups is 1. The lowest BCUT2D eigenvalue weighted by Gasteiger charge is -2.34. The van der Waals surface area contributed by atoms with E-state index in [2.05, 4.69) is 0 Å². The summed E-state index contributed by atoms with van der Waals surface area (Å²) in [4.78, 5) is 0. The van der Waals surface area contributed by atoms with Gasteiger partial charge in [0.25, 0.3) is 0 Å². The van der Waals surface area contributed by atoms with Crippen molar-refractivity contribution in [1.82, 2.24) is 4.31 Å². The Bertz CT molecular complexity index is 482. The van der Waals surface area contributed by atoms with E-state index in [1.54, 1.807) is 0 Å². The molecule has 2 rings (SSSR count). The van der Waals surface area contributed by atoms with Gasteiger partial charge in [-0.15, -0.1) is 0 Å². The van der Waals surface area contributed by atoms with Gasteiger partial charge in [-0.25, -0.2) is 16.8 Å². The molecule has 2 saturated heterocycles. The second-order valence-electron chi connectivity index (χ2n) is 5.03. The van der Waals surface area contributed by atoms with Gasteiger partial charge in [0.05, 0.1) is 16.8 Å². The van der Waals surface area contributed by atoms with Gasteiger partial charge in [-0.3, -0.25) is 0 Å². The fraction of sp³-hybridized carbons (Fsp3) is 1.00. The molecule has 0 aromatic heterocycles. The molecule has 0 spiro atoms. The van der Waals surface area contributed by atoms with Crippen molar-refractivity contribution in [2.24, 2.45) is 0 Å². The third kappa shape index (κ3) is 2.66. The van der Waals surface area contributed by atoms with Crippen molar-refractivity contribution in [3.05, 3.63) is 0 Å². The van der Waals surface area contributed by atoms with Crippen LogP contribution in [0.1, 0.15) is 32.6 Å². The average Bonchev–Trinajstić information content (AvgIpc) is 2.60. The summed E-state index contributed by atoms with van der Waals surface area (Å²) < 4.78 is 48.9. The standard InChI is InChI=1S/C10H19NO4S2/c1-9-4-2-3-6-11(9)17(14,15)10-5-7-16(12,13)8-10/h9-10H,2-8H2,1H3/t9-,10-/m1/s1. The quantitative estimate of drug-likeness (QED) is 0.733. The van der Waals surface area contributed by atoms with Gasteiger partial charge in [-0.1, -0.05) is 6.42 Å². The molecule has 0 unspecified atom stereocenters. The van der Waals surface area contributed by atoms with E-state index in [-0.39, 0.29) is 24.0 Å². The van der Waals surface area contributed by atoms with Crippen LogP contribution in [0.4, 0.5) is 0 Å². The predicted octanol–water partition coefficient (Wildman–Crippen LogP) is 0.378. The topological polar surface area (TPSA) is 71.5 Å². The van der Waals surface area contributed by atoms with Crippen LogP contribution < -0.4 is 0 Å². The summed E-state index contributed by atoms with van der Waals surface area (Å²) in [5, 5.41) is -0.715. The Morgan fingerprint density at radius 2 is 1.88 bits per heavy atom. The van der Waals surface area contributed by atoms with E-state index in [1.165, 1.54) is 4.31 Å². The lowest BCUT2D eigenvalue weighted by atomic mass is 10.1. The molecule has 2 fully saturated rings. The highest BCUT2D eigenvalue weighted by Crippen LogP contribution is 2.27. The first-order valence-electron chi connectivity index (χ1n) is 6.04. The van der Waals surface area contributed by atoms with Crippen molar-refractivity contribution in [2.75, 3.05) is 18.1 Å². The molecule has 0 aliphatic carbocycles. The normalized spacial score (nSPS) is 34.9. The van der Waals surface area contributed by atoms with Gasteiger partial charge in [0.15, 0.2) is 9.84 Å². The molecule has 2 heterocycles. The van der Waals surface area contributed by atoms with E-state index in [0.29, 0.717) is 6.54 Å². The molecule has 0 aromatic rings. The second-order valence-corrected chi connectivity index (χ2v) is 9.42. The fourth-order valence-corrected chi connectivity index (χ4v) is 7.43. The summed E-state index contributed by atoms with van der Waals surface area (Å²) in [7, 11) is -6.57. The van der Waals surface area contributed by atoms with Gasteiger partial charge in [0.1, 0.15) is 0 Å². The van der Waals surface area contributed by atoms with Crippen LogP contribution in [0, 0.1) is 0 Å². The molecule has 0 bridgehead atoms. The summed E-state index contributed by atoms with van der Waals surface area (Å²) in [6.45, 7) is 2.44. The minimum atomic E-state index is -3.43. The van der Waals surface area contributed by atoms with Crippen molar-refractivity contribution in [3.8, 4) is 0 Å². The van der Waals surface area contributed by atoms with E-state index >= 15 is 0 Å². The molecule has 2 atom stereocenters. The number of piperidine rings is 1. The fourth-order valence-electron chi connectivity index (χ4n) is 2.64. The summed E-state index contributed by atoms with van der Waals surface area (Å²) >= 11 is 0.